The third-order valence-corrected chi connectivity index (χ3v) is 3.32. The number of halogens is 1. The molecule has 0 atom stereocenters. The molecule has 2 heteroatoms. The number of benzene rings is 1. The number of rotatable bonds is 1. The van der Waals surface area contributed by atoms with Gasteiger partial charge >= 0.3 is 0 Å². The van der Waals surface area contributed by atoms with Crippen LogP contribution in [0.15, 0.2) is 28.7 Å². The Morgan fingerprint density at radius 3 is 2.69 bits per heavy atom. The molecule has 0 unspecified atom stereocenters. The van der Waals surface area contributed by atoms with Gasteiger partial charge in [-0.3, -0.25) is 0 Å². The maximum absolute atomic E-state index is 6.26. The van der Waals surface area contributed by atoms with Crippen molar-refractivity contribution in [2.45, 2.75) is 25.3 Å². The summed E-state index contributed by atoms with van der Waals surface area (Å²) in [4.78, 5) is 0. The standard InChI is InChI=1S/C11H14BrN/c1-8-6-11(13,7-8)9-3-2-4-10(12)5-9/h2-5,8H,6-7,13H2,1H3. The van der Waals surface area contributed by atoms with E-state index in [1.165, 1.54) is 5.56 Å². The minimum Gasteiger partial charge on any atom is -0.321 e. The van der Waals surface area contributed by atoms with Crippen molar-refractivity contribution in [3.05, 3.63) is 34.3 Å². The highest BCUT2D eigenvalue weighted by Crippen LogP contribution is 2.43. The van der Waals surface area contributed by atoms with E-state index in [9.17, 15) is 0 Å². The van der Waals surface area contributed by atoms with E-state index in [1.54, 1.807) is 0 Å². The SMILES string of the molecule is CC1CC(N)(c2cccc(Br)c2)C1. The van der Waals surface area contributed by atoms with Crippen LogP contribution >= 0.6 is 15.9 Å². The normalized spacial score (nSPS) is 32.7. The number of hydrogen-bond donors (Lipinski definition) is 1. The van der Waals surface area contributed by atoms with Crippen LogP contribution in [0.1, 0.15) is 25.3 Å². The molecule has 1 aliphatic rings. The van der Waals surface area contributed by atoms with Crippen LogP contribution in [0.2, 0.25) is 0 Å². The molecule has 0 heterocycles. The first-order valence-electron chi connectivity index (χ1n) is 4.65. The molecule has 2 rings (SSSR count). The summed E-state index contributed by atoms with van der Waals surface area (Å²) in [6.07, 6.45) is 2.23. The molecule has 0 aromatic heterocycles. The maximum atomic E-state index is 6.26. The lowest BCUT2D eigenvalue weighted by Gasteiger charge is -2.44. The predicted octanol–water partition coefficient (Wildman–Crippen LogP) is 3.03. The molecule has 0 saturated heterocycles. The topological polar surface area (TPSA) is 26.0 Å². The van der Waals surface area contributed by atoms with Crippen molar-refractivity contribution < 1.29 is 0 Å². The Labute approximate surface area is 87.5 Å². The van der Waals surface area contributed by atoms with Gasteiger partial charge in [-0.1, -0.05) is 35.0 Å². The summed E-state index contributed by atoms with van der Waals surface area (Å²) in [6, 6.07) is 8.34. The summed E-state index contributed by atoms with van der Waals surface area (Å²) < 4.78 is 1.12. The van der Waals surface area contributed by atoms with Crippen LogP contribution in [0.4, 0.5) is 0 Å². The second kappa shape index (κ2) is 3.10. The fourth-order valence-corrected chi connectivity index (χ4v) is 2.62. The molecule has 0 radical (unpaired) electrons. The molecule has 1 aliphatic carbocycles. The Morgan fingerprint density at radius 2 is 2.15 bits per heavy atom. The Kier molecular flexibility index (Phi) is 2.20. The zero-order valence-corrected chi connectivity index (χ0v) is 9.34. The Morgan fingerprint density at radius 1 is 1.46 bits per heavy atom. The van der Waals surface area contributed by atoms with Crippen molar-refractivity contribution in [1.29, 1.82) is 0 Å². The largest absolute Gasteiger partial charge is 0.321 e. The first-order chi connectivity index (χ1) is 6.10. The quantitative estimate of drug-likeness (QED) is 0.802. The molecule has 1 fully saturated rings. The molecule has 0 amide bonds. The first-order valence-corrected chi connectivity index (χ1v) is 5.44. The zero-order valence-electron chi connectivity index (χ0n) is 7.76. The minimum atomic E-state index is -0.0524. The van der Waals surface area contributed by atoms with Crippen LogP contribution in [-0.2, 0) is 5.54 Å². The zero-order chi connectivity index (χ0) is 9.47. The average Bonchev–Trinajstić information content (AvgIpc) is 2.02. The third kappa shape index (κ3) is 1.65. The van der Waals surface area contributed by atoms with Gasteiger partial charge in [-0.2, -0.15) is 0 Å². The van der Waals surface area contributed by atoms with Crippen LogP contribution in [-0.4, -0.2) is 0 Å². The Hall–Kier alpha value is -0.340. The lowest BCUT2D eigenvalue weighted by atomic mass is 9.66. The molecular formula is C11H14BrN. The molecule has 1 aromatic carbocycles. The van der Waals surface area contributed by atoms with E-state index in [0.717, 1.165) is 23.2 Å². The van der Waals surface area contributed by atoms with Crippen LogP contribution in [0.5, 0.6) is 0 Å². The second-order valence-corrected chi connectivity index (χ2v) is 5.10. The molecular weight excluding hydrogens is 226 g/mol. The highest BCUT2D eigenvalue weighted by atomic mass is 79.9. The number of nitrogens with two attached hydrogens (primary N) is 1. The summed E-state index contributed by atoms with van der Waals surface area (Å²) in [5.41, 5.74) is 7.47. The molecule has 0 aliphatic heterocycles. The summed E-state index contributed by atoms with van der Waals surface area (Å²) >= 11 is 3.47. The van der Waals surface area contributed by atoms with Crippen LogP contribution in [0, 0.1) is 5.92 Å². The fraction of sp³-hybridized carbons (Fsp3) is 0.455. The highest BCUT2D eigenvalue weighted by Gasteiger charge is 2.39. The van der Waals surface area contributed by atoms with E-state index < -0.39 is 0 Å². The lowest BCUT2D eigenvalue weighted by Crippen LogP contribution is -2.47. The van der Waals surface area contributed by atoms with Crippen molar-refractivity contribution in [1.82, 2.24) is 0 Å². The smallest absolute Gasteiger partial charge is 0.0415 e. The molecule has 13 heavy (non-hydrogen) atoms. The van der Waals surface area contributed by atoms with E-state index >= 15 is 0 Å². The van der Waals surface area contributed by atoms with Crippen molar-refractivity contribution in [2.75, 3.05) is 0 Å². The van der Waals surface area contributed by atoms with Crippen LogP contribution < -0.4 is 5.73 Å². The van der Waals surface area contributed by atoms with Gasteiger partial charge in [0, 0.05) is 10.0 Å². The van der Waals surface area contributed by atoms with Gasteiger partial charge in [-0.25, -0.2) is 0 Å². The van der Waals surface area contributed by atoms with Gasteiger partial charge in [0.15, 0.2) is 0 Å². The molecule has 1 saturated carbocycles. The predicted molar refractivity (Wildman–Crippen MR) is 58.4 cm³/mol. The summed E-state index contributed by atoms with van der Waals surface area (Å²) in [5, 5.41) is 0. The highest BCUT2D eigenvalue weighted by molar-refractivity contribution is 9.10. The Balaban J connectivity index is 2.26. The summed E-state index contributed by atoms with van der Waals surface area (Å²) in [6.45, 7) is 2.25. The monoisotopic (exact) mass is 239 g/mol. The summed E-state index contributed by atoms with van der Waals surface area (Å²) in [7, 11) is 0. The van der Waals surface area contributed by atoms with Crippen molar-refractivity contribution >= 4 is 15.9 Å². The van der Waals surface area contributed by atoms with E-state index in [1.807, 2.05) is 6.07 Å². The second-order valence-electron chi connectivity index (χ2n) is 4.18. The van der Waals surface area contributed by atoms with Gasteiger partial charge in [0.1, 0.15) is 0 Å². The van der Waals surface area contributed by atoms with Crippen LogP contribution in [0.3, 0.4) is 0 Å². The molecule has 0 spiro atoms. The fourth-order valence-electron chi connectivity index (χ4n) is 2.22. The van der Waals surface area contributed by atoms with Crippen molar-refractivity contribution in [3.63, 3.8) is 0 Å². The van der Waals surface area contributed by atoms with E-state index in [2.05, 4.69) is 41.1 Å². The average molecular weight is 240 g/mol. The number of hydrogen-bond acceptors (Lipinski definition) is 1. The molecule has 1 aromatic rings. The van der Waals surface area contributed by atoms with Crippen molar-refractivity contribution in [3.8, 4) is 0 Å². The van der Waals surface area contributed by atoms with Gasteiger partial charge in [0.25, 0.3) is 0 Å². The van der Waals surface area contributed by atoms with E-state index in [0.29, 0.717) is 0 Å². The van der Waals surface area contributed by atoms with Gasteiger partial charge < -0.3 is 5.73 Å². The van der Waals surface area contributed by atoms with Crippen LogP contribution in [0.25, 0.3) is 0 Å². The molecule has 2 N–H and O–H groups in total. The molecule has 70 valence electrons. The lowest BCUT2D eigenvalue weighted by molar-refractivity contribution is 0.164. The van der Waals surface area contributed by atoms with Gasteiger partial charge in [0.05, 0.1) is 0 Å². The van der Waals surface area contributed by atoms with E-state index in [-0.39, 0.29) is 5.54 Å². The van der Waals surface area contributed by atoms with Crippen molar-refractivity contribution in [2.24, 2.45) is 11.7 Å². The van der Waals surface area contributed by atoms with Gasteiger partial charge in [-0.15, -0.1) is 0 Å². The summed E-state index contributed by atoms with van der Waals surface area (Å²) in [5.74, 6) is 0.781. The minimum absolute atomic E-state index is 0.0524. The van der Waals surface area contributed by atoms with Gasteiger partial charge in [-0.05, 0) is 36.5 Å². The van der Waals surface area contributed by atoms with E-state index in [4.69, 9.17) is 5.73 Å². The maximum Gasteiger partial charge on any atom is 0.0415 e. The molecule has 0 bridgehead atoms. The Bertz CT molecular complexity index is 316. The molecule has 1 nitrogen and oxygen atoms in total. The third-order valence-electron chi connectivity index (χ3n) is 2.82. The first kappa shape index (κ1) is 9.22. The van der Waals surface area contributed by atoms with Gasteiger partial charge in [0.2, 0.25) is 0 Å².